The zero-order valence-corrected chi connectivity index (χ0v) is 11.0. The van der Waals surface area contributed by atoms with Gasteiger partial charge in [0.05, 0.1) is 6.61 Å². The number of aromatic nitrogens is 1. The van der Waals surface area contributed by atoms with Crippen molar-refractivity contribution in [2.45, 2.75) is 33.2 Å². The maximum atomic E-state index is 5.65. The second-order valence-corrected chi connectivity index (χ2v) is 4.24. The fourth-order valence-electron chi connectivity index (χ4n) is 1.51. The van der Waals surface area contributed by atoms with E-state index < -0.39 is 0 Å². The molecule has 0 radical (unpaired) electrons. The first-order chi connectivity index (χ1) is 8.15. The molecule has 1 rings (SSSR count). The zero-order valence-electron chi connectivity index (χ0n) is 11.0. The minimum Gasteiger partial charge on any atom is -0.477 e. The fourth-order valence-corrected chi connectivity index (χ4v) is 1.51. The summed E-state index contributed by atoms with van der Waals surface area (Å²) in [6.45, 7) is 9.45. The summed E-state index contributed by atoms with van der Waals surface area (Å²) in [5.41, 5.74) is 3.42. The molecule has 0 saturated heterocycles. The van der Waals surface area contributed by atoms with Crippen LogP contribution >= 0.6 is 0 Å². The van der Waals surface area contributed by atoms with Gasteiger partial charge in [0.15, 0.2) is 0 Å². The number of rotatable bonds is 7. The molecule has 1 aromatic heterocycles. The molecular weight excluding hydrogens is 212 g/mol. The number of hydrogen-bond acceptors (Lipinski definition) is 3. The third kappa shape index (κ3) is 5.00. The summed E-state index contributed by atoms with van der Waals surface area (Å²) in [4.78, 5) is 4.45. The molecule has 0 saturated carbocycles. The second kappa shape index (κ2) is 7.07. The van der Waals surface area contributed by atoms with Crippen molar-refractivity contribution in [3.8, 4) is 5.88 Å². The monoisotopic (exact) mass is 234 g/mol. The number of nitrogens with zero attached hydrogens (tertiary/aromatic N) is 1. The Kier molecular flexibility index (Phi) is 5.70. The Morgan fingerprint density at radius 3 is 2.82 bits per heavy atom. The molecule has 0 unspecified atom stereocenters. The van der Waals surface area contributed by atoms with Gasteiger partial charge >= 0.3 is 0 Å². The van der Waals surface area contributed by atoms with Crippen LogP contribution in [0.25, 0.3) is 0 Å². The maximum absolute atomic E-state index is 5.65. The topological polar surface area (TPSA) is 34.1 Å². The third-order valence-corrected chi connectivity index (χ3v) is 2.44. The molecule has 17 heavy (non-hydrogen) atoms. The minimum absolute atomic E-state index is 0.647. The van der Waals surface area contributed by atoms with E-state index in [0.29, 0.717) is 6.61 Å². The van der Waals surface area contributed by atoms with E-state index in [1.165, 1.54) is 5.56 Å². The van der Waals surface area contributed by atoms with Gasteiger partial charge in [0.25, 0.3) is 0 Å². The van der Waals surface area contributed by atoms with E-state index >= 15 is 0 Å². The fraction of sp³-hybridized carbons (Fsp3) is 0.500. The highest BCUT2D eigenvalue weighted by Crippen LogP contribution is 2.14. The van der Waals surface area contributed by atoms with Crippen LogP contribution in [0, 0.1) is 0 Å². The minimum atomic E-state index is 0.647. The standard InChI is InChI=1S/C14H22N2O/c1-5-13-8-12(10-15-4)9-14(16-13)17-7-6-11(2)3/h8-9,15H,2,5-7,10H2,1,3-4H3. The van der Waals surface area contributed by atoms with Gasteiger partial charge in [-0.3, -0.25) is 0 Å². The molecule has 0 atom stereocenters. The number of ether oxygens (including phenoxy) is 1. The smallest absolute Gasteiger partial charge is 0.213 e. The molecule has 0 bridgehead atoms. The summed E-state index contributed by atoms with van der Waals surface area (Å²) >= 11 is 0. The zero-order chi connectivity index (χ0) is 12.7. The van der Waals surface area contributed by atoms with Gasteiger partial charge in [0, 0.05) is 24.7 Å². The maximum Gasteiger partial charge on any atom is 0.213 e. The Labute approximate surface area is 104 Å². The molecule has 0 aliphatic rings. The van der Waals surface area contributed by atoms with E-state index in [9.17, 15) is 0 Å². The molecule has 0 amide bonds. The van der Waals surface area contributed by atoms with Crippen LogP contribution in [-0.4, -0.2) is 18.6 Å². The Morgan fingerprint density at radius 2 is 2.24 bits per heavy atom. The molecule has 0 aromatic carbocycles. The van der Waals surface area contributed by atoms with Crippen LogP contribution in [0.2, 0.25) is 0 Å². The van der Waals surface area contributed by atoms with Gasteiger partial charge < -0.3 is 10.1 Å². The molecule has 3 heteroatoms. The SMILES string of the molecule is C=C(C)CCOc1cc(CNC)cc(CC)n1. The second-order valence-electron chi connectivity index (χ2n) is 4.24. The van der Waals surface area contributed by atoms with Crippen molar-refractivity contribution in [2.24, 2.45) is 0 Å². The highest BCUT2D eigenvalue weighted by Gasteiger charge is 2.02. The van der Waals surface area contributed by atoms with Crippen molar-refractivity contribution >= 4 is 0 Å². The van der Waals surface area contributed by atoms with Gasteiger partial charge in [0.1, 0.15) is 0 Å². The summed E-state index contributed by atoms with van der Waals surface area (Å²) in [5.74, 6) is 0.718. The Hall–Kier alpha value is -1.35. The highest BCUT2D eigenvalue weighted by atomic mass is 16.5. The van der Waals surface area contributed by atoms with Crippen molar-refractivity contribution < 1.29 is 4.74 Å². The Balaban J connectivity index is 2.69. The molecule has 94 valence electrons. The van der Waals surface area contributed by atoms with Gasteiger partial charge in [-0.1, -0.05) is 12.5 Å². The lowest BCUT2D eigenvalue weighted by atomic mass is 10.2. The summed E-state index contributed by atoms with van der Waals surface area (Å²) < 4.78 is 5.65. The first-order valence-electron chi connectivity index (χ1n) is 6.07. The van der Waals surface area contributed by atoms with Crippen LogP contribution < -0.4 is 10.1 Å². The molecule has 3 nitrogen and oxygen atoms in total. The van der Waals surface area contributed by atoms with Gasteiger partial charge in [0.2, 0.25) is 5.88 Å². The number of hydrogen-bond donors (Lipinski definition) is 1. The lowest BCUT2D eigenvalue weighted by Gasteiger charge is -2.09. The van der Waals surface area contributed by atoms with Crippen LogP contribution in [0.3, 0.4) is 0 Å². The van der Waals surface area contributed by atoms with E-state index in [2.05, 4.69) is 29.9 Å². The molecule has 0 aliphatic carbocycles. The summed E-state index contributed by atoms with van der Waals surface area (Å²) in [7, 11) is 1.94. The van der Waals surface area contributed by atoms with Crippen LogP contribution in [0.15, 0.2) is 24.3 Å². The molecule has 1 aromatic rings. The average molecular weight is 234 g/mol. The van der Waals surface area contributed by atoms with Crippen molar-refractivity contribution in [3.63, 3.8) is 0 Å². The summed E-state index contributed by atoms with van der Waals surface area (Å²) in [6, 6.07) is 4.11. The van der Waals surface area contributed by atoms with Crippen molar-refractivity contribution in [2.75, 3.05) is 13.7 Å². The lowest BCUT2D eigenvalue weighted by Crippen LogP contribution is -2.07. The predicted octanol–water partition coefficient (Wildman–Crippen LogP) is 2.71. The molecular formula is C14H22N2O. The van der Waals surface area contributed by atoms with Crippen LogP contribution in [0.4, 0.5) is 0 Å². The predicted molar refractivity (Wildman–Crippen MR) is 71.3 cm³/mol. The van der Waals surface area contributed by atoms with Gasteiger partial charge in [-0.05, 0) is 32.0 Å². The molecule has 1 heterocycles. The van der Waals surface area contributed by atoms with E-state index in [-0.39, 0.29) is 0 Å². The Bertz CT molecular complexity index is 374. The van der Waals surface area contributed by atoms with Crippen LogP contribution in [0.5, 0.6) is 5.88 Å². The highest BCUT2D eigenvalue weighted by molar-refractivity contribution is 5.25. The van der Waals surface area contributed by atoms with Crippen molar-refractivity contribution in [1.82, 2.24) is 10.3 Å². The van der Waals surface area contributed by atoms with Crippen LogP contribution in [0.1, 0.15) is 31.5 Å². The first kappa shape index (κ1) is 13.7. The van der Waals surface area contributed by atoms with Gasteiger partial charge in [-0.15, -0.1) is 6.58 Å². The molecule has 0 aliphatic heterocycles. The molecule has 1 N–H and O–H groups in total. The van der Waals surface area contributed by atoms with E-state index in [1.54, 1.807) is 0 Å². The van der Waals surface area contributed by atoms with Crippen molar-refractivity contribution in [1.29, 1.82) is 0 Å². The van der Waals surface area contributed by atoms with Gasteiger partial charge in [-0.25, -0.2) is 4.98 Å². The van der Waals surface area contributed by atoms with E-state index in [0.717, 1.165) is 36.5 Å². The summed E-state index contributed by atoms with van der Waals surface area (Å²) in [5, 5.41) is 3.14. The number of pyridine rings is 1. The number of nitrogens with one attached hydrogen (secondary N) is 1. The molecule has 0 spiro atoms. The average Bonchev–Trinajstić information content (AvgIpc) is 2.28. The van der Waals surface area contributed by atoms with E-state index in [4.69, 9.17) is 4.74 Å². The number of aryl methyl sites for hydroxylation is 1. The third-order valence-electron chi connectivity index (χ3n) is 2.44. The normalized spacial score (nSPS) is 10.3. The summed E-state index contributed by atoms with van der Waals surface area (Å²) in [6.07, 6.45) is 1.80. The van der Waals surface area contributed by atoms with Gasteiger partial charge in [-0.2, -0.15) is 0 Å². The van der Waals surface area contributed by atoms with Crippen molar-refractivity contribution in [3.05, 3.63) is 35.5 Å². The lowest BCUT2D eigenvalue weighted by molar-refractivity contribution is 0.308. The first-order valence-corrected chi connectivity index (χ1v) is 6.07. The quantitative estimate of drug-likeness (QED) is 0.737. The molecule has 0 fully saturated rings. The Morgan fingerprint density at radius 1 is 1.47 bits per heavy atom. The van der Waals surface area contributed by atoms with Crippen LogP contribution in [-0.2, 0) is 13.0 Å². The largest absolute Gasteiger partial charge is 0.477 e. The van der Waals surface area contributed by atoms with E-state index in [1.807, 2.05) is 20.0 Å².